The van der Waals surface area contributed by atoms with Crippen molar-refractivity contribution in [2.45, 2.75) is 12.2 Å². The van der Waals surface area contributed by atoms with Crippen LogP contribution in [-0.4, -0.2) is 27.3 Å². The van der Waals surface area contributed by atoms with Crippen LogP contribution in [0.2, 0.25) is 0 Å². The van der Waals surface area contributed by atoms with Gasteiger partial charge in [-0.2, -0.15) is 0 Å². The van der Waals surface area contributed by atoms with E-state index in [1.807, 2.05) is 0 Å². The van der Waals surface area contributed by atoms with Crippen molar-refractivity contribution in [3.05, 3.63) is 29.8 Å². The number of carbonyl (C=O) groups is 1. The fourth-order valence-corrected chi connectivity index (χ4v) is 1.01. The highest BCUT2D eigenvalue weighted by Gasteiger charge is 2.22. The topological polar surface area (TPSA) is 104 Å². The summed E-state index contributed by atoms with van der Waals surface area (Å²) in [7, 11) is 0. The highest BCUT2D eigenvalue weighted by molar-refractivity contribution is 5.79. The van der Waals surface area contributed by atoms with Crippen LogP contribution in [0.5, 0.6) is 5.75 Å². The van der Waals surface area contributed by atoms with E-state index in [2.05, 4.69) is 0 Å². The second-order valence-corrected chi connectivity index (χ2v) is 2.88. The van der Waals surface area contributed by atoms with Gasteiger partial charge >= 0.3 is 0 Å². The zero-order chi connectivity index (χ0) is 10.7. The van der Waals surface area contributed by atoms with Crippen LogP contribution >= 0.6 is 0 Å². The van der Waals surface area contributed by atoms with Crippen molar-refractivity contribution < 1.29 is 20.1 Å². The molecule has 2 unspecified atom stereocenters. The summed E-state index contributed by atoms with van der Waals surface area (Å²) in [5, 5.41) is 27.5. The third kappa shape index (κ3) is 2.21. The molecule has 0 aliphatic rings. The van der Waals surface area contributed by atoms with Gasteiger partial charge in [-0.05, 0) is 17.7 Å². The Morgan fingerprint density at radius 1 is 1.21 bits per heavy atom. The van der Waals surface area contributed by atoms with E-state index < -0.39 is 18.1 Å². The average Bonchev–Trinajstić information content (AvgIpc) is 2.16. The quantitative estimate of drug-likeness (QED) is 0.513. The molecule has 0 saturated heterocycles. The van der Waals surface area contributed by atoms with Crippen LogP contribution in [-0.2, 0) is 4.79 Å². The fraction of sp³-hybridized carbons (Fsp3) is 0.222. The molecule has 0 fully saturated rings. The zero-order valence-electron chi connectivity index (χ0n) is 7.29. The molecule has 0 heterocycles. The summed E-state index contributed by atoms with van der Waals surface area (Å²) >= 11 is 0. The molecule has 0 saturated carbocycles. The molecule has 76 valence electrons. The Hall–Kier alpha value is -1.59. The van der Waals surface area contributed by atoms with E-state index in [9.17, 15) is 9.90 Å². The number of primary amides is 1. The number of amides is 1. The van der Waals surface area contributed by atoms with Crippen molar-refractivity contribution in [3.8, 4) is 5.75 Å². The van der Waals surface area contributed by atoms with Gasteiger partial charge < -0.3 is 21.1 Å². The summed E-state index contributed by atoms with van der Waals surface area (Å²) in [6.45, 7) is 0. The first-order chi connectivity index (χ1) is 6.52. The molecule has 5 N–H and O–H groups in total. The lowest BCUT2D eigenvalue weighted by atomic mass is 10.0. The van der Waals surface area contributed by atoms with Gasteiger partial charge in [0.05, 0.1) is 0 Å². The monoisotopic (exact) mass is 197 g/mol. The molecule has 1 aromatic carbocycles. The largest absolute Gasteiger partial charge is 0.508 e. The summed E-state index contributed by atoms with van der Waals surface area (Å²) in [4.78, 5) is 10.5. The molecule has 14 heavy (non-hydrogen) atoms. The number of aromatic hydroxyl groups is 1. The van der Waals surface area contributed by atoms with Gasteiger partial charge in [0.1, 0.15) is 11.9 Å². The molecule has 1 amide bonds. The van der Waals surface area contributed by atoms with Crippen LogP contribution in [0.4, 0.5) is 0 Å². The van der Waals surface area contributed by atoms with Crippen LogP contribution in [0.15, 0.2) is 24.3 Å². The zero-order valence-corrected chi connectivity index (χ0v) is 7.29. The average molecular weight is 197 g/mol. The molecule has 1 aromatic rings. The molecular formula is C9H11NO4. The van der Waals surface area contributed by atoms with Gasteiger partial charge in [-0.25, -0.2) is 0 Å². The molecular weight excluding hydrogens is 186 g/mol. The Balaban J connectivity index is 2.84. The van der Waals surface area contributed by atoms with Gasteiger partial charge in [0.25, 0.3) is 0 Å². The van der Waals surface area contributed by atoms with Gasteiger partial charge in [-0.1, -0.05) is 12.1 Å². The van der Waals surface area contributed by atoms with Crippen LogP contribution < -0.4 is 5.73 Å². The predicted octanol–water partition coefficient (Wildman–Crippen LogP) is -0.728. The van der Waals surface area contributed by atoms with Crippen molar-refractivity contribution >= 4 is 5.91 Å². The van der Waals surface area contributed by atoms with Crippen LogP contribution in [0.25, 0.3) is 0 Å². The van der Waals surface area contributed by atoms with E-state index in [1.165, 1.54) is 24.3 Å². The van der Waals surface area contributed by atoms with E-state index in [0.717, 1.165) is 0 Å². The molecule has 0 radical (unpaired) electrons. The first-order valence-electron chi connectivity index (χ1n) is 3.96. The first kappa shape index (κ1) is 10.5. The number of hydrogen-bond acceptors (Lipinski definition) is 4. The minimum absolute atomic E-state index is 0.0366. The Morgan fingerprint density at radius 3 is 2.14 bits per heavy atom. The molecule has 0 aliphatic carbocycles. The Morgan fingerprint density at radius 2 is 1.71 bits per heavy atom. The van der Waals surface area contributed by atoms with Crippen molar-refractivity contribution in [3.63, 3.8) is 0 Å². The molecule has 0 spiro atoms. The van der Waals surface area contributed by atoms with Crippen molar-refractivity contribution in [1.29, 1.82) is 0 Å². The molecule has 5 heteroatoms. The van der Waals surface area contributed by atoms with Crippen LogP contribution in [0, 0.1) is 0 Å². The van der Waals surface area contributed by atoms with Crippen molar-refractivity contribution in [1.82, 2.24) is 0 Å². The number of carbonyl (C=O) groups excluding carboxylic acids is 1. The number of aliphatic hydroxyl groups is 2. The number of aliphatic hydroxyl groups excluding tert-OH is 2. The minimum atomic E-state index is -1.64. The Labute approximate surface area is 80.4 Å². The van der Waals surface area contributed by atoms with Crippen LogP contribution in [0.1, 0.15) is 11.7 Å². The molecule has 0 aliphatic heterocycles. The first-order valence-corrected chi connectivity index (χ1v) is 3.96. The lowest BCUT2D eigenvalue weighted by molar-refractivity contribution is -0.131. The maximum Gasteiger partial charge on any atom is 0.249 e. The second kappa shape index (κ2) is 4.08. The predicted molar refractivity (Wildman–Crippen MR) is 48.3 cm³/mol. The number of rotatable bonds is 3. The van der Waals surface area contributed by atoms with E-state index >= 15 is 0 Å². The van der Waals surface area contributed by atoms with Gasteiger partial charge in [0, 0.05) is 0 Å². The van der Waals surface area contributed by atoms with E-state index in [4.69, 9.17) is 15.9 Å². The number of phenolic OH excluding ortho intramolecular Hbond substituents is 1. The highest BCUT2D eigenvalue weighted by atomic mass is 16.3. The number of phenols is 1. The van der Waals surface area contributed by atoms with Crippen molar-refractivity contribution in [2.75, 3.05) is 0 Å². The molecule has 0 aromatic heterocycles. The van der Waals surface area contributed by atoms with E-state index in [0.29, 0.717) is 5.56 Å². The minimum Gasteiger partial charge on any atom is -0.508 e. The van der Waals surface area contributed by atoms with Gasteiger partial charge in [0.2, 0.25) is 5.91 Å². The summed E-state index contributed by atoms with van der Waals surface area (Å²) in [5.74, 6) is -0.958. The summed E-state index contributed by atoms with van der Waals surface area (Å²) < 4.78 is 0. The lowest BCUT2D eigenvalue weighted by Gasteiger charge is -2.14. The van der Waals surface area contributed by atoms with E-state index in [1.54, 1.807) is 0 Å². The smallest absolute Gasteiger partial charge is 0.249 e. The maximum absolute atomic E-state index is 10.5. The summed E-state index contributed by atoms with van der Waals surface area (Å²) in [6.07, 6.45) is -3.01. The Kier molecular flexibility index (Phi) is 3.06. The number of nitrogens with two attached hydrogens (primary N) is 1. The highest BCUT2D eigenvalue weighted by Crippen LogP contribution is 2.19. The third-order valence-electron chi connectivity index (χ3n) is 1.83. The SMILES string of the molecule is NC(=O)C(O)C(O)c1ccc(O)cc1. The molecule has 1 rings (SSSR count). The normalized spacial score (nSPS) is 14.7. The van der Waals surface area contributed by atoms with Crippen molar-refractivity contribution in [2.24, 2.45) is 5.73 Å². The third-order valence-corrected chi connectivity index (χ3v) is 1.83. The lowest BCUT2D eigenvalue weighted by Crippen LogP contribution is -2.33. The summed E-state index contributed by atoms with van der Waals surface area (Å²) in [5.41, 5.74) is 5.12. The molecule has 2 atom stereocenters. The van der Waals surface area contributed by atoms with Gasteiger partial charge in [-0.15, -0.1) is 0 Å². The van der Waals surface area contributed by atoms with E-state index in [-0.39, 0.29) is 5.75 Å². The molecule has 0 bridgehead atoms. The Bertz CT molecular complexity index is 322. The number of benzene rings is 1. The fourth-order valence-electron chi connectivity index (χ4n) is 1.01. The van der Waals surface area contributed by atoms with Gasteiger partial charge in [0.15, 0.2) is 6.10 Å². The standard InChI is InChI=1S/C9H11NO4/c10-9(14)8(13)7(12)5-1-3-6(11)4-2-5/h1-4,7-8,11-13H,(H2,10,14). The number of hydrogen-bond donors (Lipinski definition) is 4. The second-order valence-electron chi connectivity index (χ2n) is 2.88. The maximum atomic E-state index is 10.5. The molecule has 5 nitrogen and oxygen atoms in total. The summed E-state index contributed by atoms with van der Waals surface area (Å²) in [6, 6.07) is 5.47. The van der Waals surface area contributed by atoms with Crippen LogP contribution in [0.3, 0.4) is 0 Å². The van der Waals surface area contributed by atoms with Gasteiger partial charge in [-0.3, -0.25) is 4.79 Å².